The molecule has 1 aliphatic rings. The van der Waals surface area contributed by atoms with Gasteiger partial charge in [0.25, 0.3) is 5.91 Å². The number of fused-ring (bicyclic) bond motifs is 1. The fourth-order valence-corrected chi connectivity index (χ4v) is 3.07. The van der Waals surface area contributed by atoms with E-state index in [0.29, 0.717) is 17.0 Å². The van der Waals surface area contributed by atoms with Gasteiger partial charge in [-0.15, -0.1) is 15.3 Å². The van der Waals surface area contributed by atoms with Crippen LogP contribution >= 0.6 is 0 Å². The van der Waals surface area contributed by atoms with Crippen molar-refractivity contribution in [2.75, 3.05) is 25.0 Å². The Hall–Kier alpha value is -2.97. The molecule has 0 bridgehead atoms. The average Bonchev–Trinajstić information content (AvgIpc) is 3.08. The summed E-state index contributed by atoms with van der Waals surface area (Å²) in [4.78, 5) is 16.6. The van der Waals surface area contributed by atoms with Crippen LogP contribution in [0.3, 0.4) is 0 Å². The van der Waals surface area contributed by atoms with E-state index in [-0.39, 0.29) is 11.9 Å². The maximum absolute atomic E-state index is 12.7. The van der Waals surface area contributed by atoms with Crippen molar-refractivity contribution < 1.29 is 9.32 Å². The highest BCUT2D eigenvalue weighted by atomic mass is 16.5. The first kappa shape index (κ1) is 15.6. The Morgan fingerprint density at radius 3 is 2.68 bits per heavy atom. The van der Waals surface area contributed by atoms with Gasteiger partial charge in [-0.05, 0) is 32.9 Å². The molecule has 4 heterocycles. The van der Waals surface area contributed by atoms with Gasteiger partial charge < -0.3 is 14.3 Å². The van der Waals surface area contributed by atoms with Gasteiger partial charge in [-0.2, -0.15) is 4.52 Å². The Morgan fingerprint density at radius 2 is 2.00 bits per heavy atom. The third-order valence-electron chi connectivity index (χ3n) is 4.71. The van der Waals surface area contributed by atoms with Gasteiger partial charge in [0.05, 0.1) is 11.7 Å². The number of rotatable bonds is 3. The third-order valence-corrected chi connectivity index (χ3v) is 4.71. The van der Waals surface area contributed by atoms with E-state index in [0.717, 1.165) is 30.4 Å². The number of carbonyl (C=O) groups excluding carboxylic acids is 1. The zero-order valence-corrected chi connectivity index (χ0v) is 14.6. The molecule has 25 heavy (non-hydrogen) atoms. The molecule has 0 N–H and O–H groups in total. The lowest BCUT2D eigenvalue weighted by Gasteiger charge is -2.44. The number of hydrogen-bond acceptors (Lipinski definition) is 7. The van der Waals surface area contributed by atoms with Gasteiger partial charge in [-0.3, -0.25) is 4.79 Å². The highest BCUT2D eigenvalue weighted by Crippen LogP contribution is 2.24. The molecule has 1 fully saturated rings. The molecule has 9 heteroatoms. The Kier molecular flexibility index (Phi) is 3.45. The quantitative estimate of drug-likeness (QED) is 0.701. The van der Waals surface area contributed by atoms with Gasteiger partial charge in [0.15, 0.2) is 11.5 Å². The zero-order chi connectivity index (χ0) is 17.7. The van der Waals surface area contributed by atoms with E-state index in [4.69, 9.17) is 4.52 Å². The van der Waals surface area contributed by atoms with Crippen molar-refractivity contribution in [1.29, 1.82) is 0 Å². The van der Waals surface area contributed by atoms with Crippen LogP contribution in [0, 0.1) is 20.8 Å². The largest absolute Gasteiger partial charge is 0.361 e. The molecule has 0 saturated carbocycles. The van der Waals surface area contributed by atoms with Gasteiger partial charge in [-0.1, -0.05) is 5.16 Å². The number of amides is 1. The molecule has 0 aliphatic carbocycles. The molecule has 4 rings (SSSR count). The van der Waals surface area contributed by atoms with Gasteiger partial charge in [0.2, 0.25) is 0 Å². The van der Waals surface area contributed by atoms with Crippen molar-refractivity contribution in [3.63, 3.8) is 0 Å². The van der Waals surface area contributed by atoms with Crippen molar-refractivity contribution in [3.8, 4) is 0 Å². The summed E-state index contributed by atoms with van der Waals surface area (Å²) in [5.74, 6) is 2.10. The Balaban J connectivity index is 1.47. The first-order chi connectivity index (χ1) is 12.0. The second-order valence-corrected chi connectivity index (χ2v) is 6.38. The van der Waals surface area contributed by atoms with Crippen LogP contribution in [0.15, 0.2) is 16.7 Å². The molecule has 3 aromatic rings. The lowest BCUT2D eigenvalue weighted by molar-refractivity contribution is 0.0702. The average molecular weight is 341 g/mol. The predicted octanol–water partition coefficient (Wildman–Crippen LogP) is 0.998. The van der Waals surface area contributed by atoms with Gasteiger partial charge in [-0.25, -0.2) is 0 Å². The molecule has 3 aromatic heterocycles. The number of likely N-dealkylation sites (N-methyl/N-ethyl adjacent to an activating group) is 1. The summed E-state index contributed by atoms with van der Waals surface area (Å²) in [5.41, 5.74) is 1.91. The predicted molar refractivity (Wildman–Crippen MR) is 89.6 cm³/mol. The molecule has 1 amide bonds. The minimum Gasteiger partial charge on any atom is -0.361 e. The summed E-state index contributed by atoms with van der Waals surface area (Å²) in [6, 6.07) is 3.95. The second-order valence-electron chi connectivity index (χ2n) is 6.38. The lowest BCUT2D eigenvalue weighted by Crippen LogP contribution is -2.60. The number of carbonyl (C=O) groups is 1. The van der Waals surface area contributed by atoms with Crippen LogP contribution in [0.25, 0.3) is 5.65 Å². The summed E-state index contributed by atoms with van der Waals surface area (Å²) in [7, 11) is 1.82. The van der Waals surface area contributed by atoms with Crippen LogP contribution in [0.1, 0.15) is 27.6 Å². The molecule has 0 unspecified atom stereocenters. The van der Waals surface area contributed by atoms with E-state index in [9.17, 15) is 4.79 Å². The normalized spacial score (nSPS) is 14.8. The van der Waals surface area contributed by atoms with E-state index in [1.54, 1.807) is 23.3 Å². The lowest BCUT2D eigenvalue weighted by atomic mass is 10.1. The first-order valence-corrected chi connectivity index (χ1v) is 8.09. The van der Waals surface area contributed by atoms with Crippen molar-refractivity contribution in [1.82, 2.24) is 29.9 Å². The van der Waals surface area contributed by atoms with E-state index in [1.807, 2.05) is 26.1 Å². The molecule has 0 spiro atoms. The molecule has 0 atom stereocenters. The van der Waals surface area contributed by atoms with E-state index < -0.39 is 0 Å². The minimum absolute atomic E-state index is 0.0565. The number of anilines is 1. The van der Waals surface area contributed by atoms with Crippen LogP contribution in [-0.4, -0.2) is 62.0 Å². The summed E-state index contributed by atoms with van der Waals surface area (Å²) < 4.78 is 6.82. The smallest absolute Gasteiger partial charge is 0.259 e. The maximum Gasteiger partial charge on any atom is 0.259 e. The fraction of sp³-hybridized carbons (Fsp3) is 0.438. The Morgan fingerprint density at radius 1 is 1.24 bits per heavy atom. The standard InChI is InChI=1S/C16H19N7O2/c1-9-15(10(2)25-20-9)16(24)21(4)12-7-22(8-12)14-6-5-13-18-17-11(3)23(13)19-14/h5-6,12H,7-8H2,1-4H3. The van der Waals surface area contributed by atoms with E-state index >= 15 is 0 Å². The number of nitrogens with zero attached hydrogens (tertiary/aromatic N) is 7. The van der Waals surface area contributed by atoms with E-state index in [2.05, 4.69) is 25.4 Å². The van der Waals surface area contributed by atoms with Gasteiger partial charge in [0.1, 0.15) is 17.1 Å². The Bertz CT molecular complexity index is 935. The fourth-order valence-electron chi connectivity index (χ4n) is 3.07. The van der Waals surface area contributed by atoms with Crippen molar-refractivity contribution in [3.05, 3.63) is 35.0 Å². The van der Waals surface area contributed by atoms with Gasteiger partial charge in [0, 0.05) is 20.1 Å². The number of aromatic nitrogens is 5. The molecule has 0 radical (unpaired) electrons. The van der Waals surface area contributed by atoms with Crippen molar-refractivity contribution >= 4 is 17.4 Å². The molecule has 0 aromatic carbocycles. The summed E-state index contributed by atoms with van der Waals surface area (Å²) in [6.45, 7) is 6.86. The SMILES string of the molecule is Cc1noc(C)c1C(=O)N(C)C1CN(c2ccc3nnc(C)n3n2)C1. The second kappa shape index (κ2) is 5.54. The number of aryl methyl sites for hydroxylation is 3. The first-order valence-electron chi connectivity index (χ1n) is 8.09. The summed E-state index contributed by atoms with van der Waals surface area (Å²) >= 11 is 0. The van der Waals surface area contributed by atoms with Crippen LogP contribution < -0.4 is 4.90 Å². The van der Waals surface area contributed by atoms with Crippen LogP contribution in [0.4, 0.5) is 5.82 Å². The van der Waals surface area contributed by atoms with Crippen molar-refractivity contribution in [2.24, 2.45) is 0 Å². The third kappa shape index (κ3) is 2.43. The van der Waals surface area contributed by atoms with Crippen LogP contribution in [0.5, 0.6) is 0 Å². The highest BCUT2D eigenvalue weighted by molar-refractivity contribution is 5.96. The van der Waals surface area contributed by atoms with Crippen molar-refractivity contribution in [2.45, 2.75) is 26.8 Å². The molecule has 1 aliphatic heterocycles. The molecule has 1 saturated heterocycles. The minimum atomic E-state index is -0.0565. The summed E-state index contributed by atoms with van der Waals surface area (Å²) in [6.07, 6.45) is 0. The Labute approximate surface area is 144 Å². The monoisotopic (exact) mass is 341 g/mol. The zero-order valence-electron chi connectivity index (χ0n) is 14.6. The van der Waals surface area contributed by atoms with Gasteiger partial charge >= 0.3 is 0 Å². The number of hydrogen-bond donors (Lipinski definition) is 0. The van der Waals surface area contributed by atoms with Crippen LogP contribution in [0.2, 0.25) is 0 Å². The molecule has 130 valence electrons. The maximum atomic E-state index is 12.7. The molecular formula is C16H19N7O2. The highest BCUT2D eigenvalue weighted by Gasteiger charge is 2.35. The topological polar surface area (TPSA) is 92.7 Å². The van der Waals surface area contributed by atoms with Crippen LogP contribution in [-0.2, 0) is 0 Å². The summed E-state index contributed by atoms with van der Waals surface area (Å²) in [5, 5.41) is 16.5. The van der Waals surface area contributed by atoms with E-state index in [1.165, 1.54) is 0 Å². The molecule has 9 nitrogen and oxygen atoms in total. The molecular weight excluding hydrogens is 322 g/mol.